The minimum Gasteiger partial charge on any atom is -0.415 e. The maximum absolute atomic E-state index is 11.2. The third kappa shape index (κ3) is 2.59. The van der Waals surface area contributed by atoms with Crippen LogP contribution in [0.1, 0.15) is 6.92 Å². The van der Waals surface area contributed by atoms with Crippen LogP contribution in [0.25, 0.3) is 0 Å². The predicted octanol–water partition coefficient (Wildman–Crippen LogP) is 1.96. The number of ether oxygens (including phenoxy) is 1. The van der Waals surface area contributed by atoms with Crippen LogP contribution >= 0.6 is 0 Å². The van der Waals surface area contributed by atoms with Gasteiger partial charge in [0.15, 0.2) is 0 Å². The van der Waals surface area contributed by atoms with Crippen LogP contribution in [-0.4, -0.2) is 15.6 Å². The van der Waals surface area contributed by atoms with E-state index in [1.54, 1.807) is 19.1 Å². The van der Waals surface area contributed by atoms with Crippen molar-refractivity contribution in [2.75, 3.05) is 0 Å². The number of carbonyl (C=O) groups is 1. The molecule has 0 saturated carbocycles. The lowest BCUT2D eigenvalue weighted by atomic mass is 10.5. The average Bonchev–Trinajstić information content (AvgIpc) is 2.55. The van der Waals surface area contributed by atoms with Crippen molar-refractivity contribution in [1.82, 2.24) is 9.55 Å². The number of aromatic nitrogens is 2. The first-order valence-corrected chi connectivity index (χ1v) is 3.73. The van der Waals surface area contributed by atoms with Gasteiger partial charge >= 0.3 is 6.09 Å². The molecular formula is C9H10N2O2. The number of imidazole rings is 1. The molecule has 1 rings (SSSR count). The van der Waals surface area contributed by atoms with Crippen molar-refractivity contribution >= 4 is 6.09 Å². The molecule has 1 aromatic heterocycles. The lowest BCUT2D eigenvalue weighted by Gasteiger charge is -2.02. The fourth-order valence-corrected chi connectivity index (χ4v) is 0.758. The Morgan fingerprint density at radius 1 is 1.69 bits per heavy atom. The molecule has 0 fully saturated rings. The average molecular weight is 178 g/mol. The number of allylic oxidation sites excluding steroid dienone is 3. The van der Waals surface area contributed by atoms with Crippen LogP contribution in [0.3, 0.4) is 0 Å². The molecule has 0 aliphatic carbocycles. The van der Waals surface area contributed by atoms with Gasteiger partial charge < -0.3 is 4.74 Å². The van der Waals surface area contributed by atoms with Gasteiger partial charge in [-0.05, 0) is 13.0 Å². The van der Waals surface area contributed by atoms with Crippen LogP contribution in [0.15, 0.2) is 43.2 Å². The molecule has 0 amide bonds. The quantitative estimate of drug-likeness (QED) is 0.513. The highest BCUT2D eigenvalue weighted by molar-refractivity contribution is 5.71. The smallest absolute Gasteiger partial charge is 0.415 e. The number of rotatable bonds is 2. The Balaban J connectivity index is 2.61. The molecule has 0 atom stereocenters. The van der Waals surface area contributed by atoms with E-state index in [2.05, 4.69) is 11.6 Å². The number of hydrogen-bond acceptors (Lipinski definition) is 3. The van der Waals surface area contributed by atoms with Gasteiger partial charge in [-0.2, -0.15) is 0 Å². The lowest BCUT2D eigenvalue weighted by Crippen LogP contribution is -2.10. The van der Waals surface area contributed by atoms with E-state index in [1.807, 2.05) is 0 Å². The molecule has 68 valence electrons. The van der Waals surface area contributed by atoms with Gasteiger partial charge in [0, 0.05) is 12.4 Å². The van der Waals surface area contributed by atoms with Crippen LogP contribution in [0.2, 0.25) is 0 Å². The van der Waals surface area contributed by atoms with Gasteiger partial charge in [0.1, 0.15) is 12.1 Å². The first kappa shape index (κ1) is 9.25. The van der Waals surface area contributed by atoms with Gasteiger partial charge in [-0.25, -0.2) is 14.3 Å². The summed E-state index contributed by atoms with van der Waals surface area (Å²) < 4.78 is 6.16. The van der Waals surface area contributed by atoms with Gasteiger partial charge in [-0.1, -0.05) is 12.7 Å². The largest absolute Gasteiger partial charge is 0.424 e. The summed E-state index contributed by atoms with van der Waals surface area (Å²) in [4.78, 5) is 14.9. The Labute approximate surface area is 76.2 Å². The normalized spacial score (nSPS) is 11.0. The minimum absolute atomic E-state index is 0.479. The summed E-state index contributed by atoms with van der Waals surface area (Å²) in [7, 11) is 0. The molecule has 0 saturated heterocycles. The molecule has 1 aromatic rings. The van der Waals surface area contributed by atoms with Crippen molar-refractivity contribution in [1.29, 1.82) is 0 Å². The Morgan fingerprint density at radius 3 is 3.00 bits per heavy atom. The zero-order valence-electron chi connectivity index (χ0n) is 7.30. The van der Waals surface area contributed by atoms with Crippen LogP contribution in [0.5, 0.6) is 0 Å². The maximum atomic E-state index is 11.2. The van der Waals surface area contributed by atoms with Crippen LogP contribution < -0.4 is 0 Å². The van der Waals surface area contributed by atoms with Gasteiger partial charge in [-0.15, -0.1) is 0 Å². The molecule has 0 spiro atoms. The summed E-state index contributed by atoms with van der Waals surface area (Å²) >= 11 is 0. The number of hydrogen-bond donors (Lipinski definition) is 0. The first-order chi connectivity index (χ1) is 6.24. The number of carbonyl (C=O) groups excluding carboxylic acids is 1. The van der Waals surface area contributed by atoms with E-state index in [4.69, 9.17) is 4.74 Å². The lowest BCUT2D eigenvalue weighted by molar-refractivity contribution is 0.178. The van der Waals surface area contributed by atoms with Gasteiger partial charge in [-0.3, -0.25) is 0 Å². The zero-order chi connectivity index (χ0) is 9.68. The zero-order valence-corrected chi connectivity index (χ0v) is 7.30. The van der Waals surface area contributed by atoms with E-state index >= 15 is 0 Å². The molecule has 0 aliphatic rings. The van der Waals surface area contributed by atoms with Gasteiger partial charge in [0.05, 0.1) is 0 Å². The van der Waals surface area contributed by atoms with E-state index in [0.717, 1.165) is 0 Å². The molecule has 0 radical (unpaired) electrons. The fourth-order valence-electron chi connectivity index (χ4n) is 0.758. The van der Waals surface area contributed by atoms with Crippen molar-refractivity contribution in [2.24, 2.45) is 0 Å². The minimum atomic E-state index is -0.479. The topological polar surface area (TPSA) is 44.1 Å². The fraction of sp³-hybridized carbons (Fsp3) is 0.111. The van der Waals surface area contributed by atoms with Crippen LogP contribution in [0, 0.1) is 0 Å². The first-order valence-electron chi connectivity index (χ1n) is 3.73. The van der Waals surface area contributed by atoms with E-state index in [1.165, 1.54) is 23.3 Å². The van der Waals surface area contributed by atoms with Gasteiger partial charge in [0.25, 0.3) is 0 Å². The molecule has 4 heteroatoms. The molecular weight excluding hydrogens is 168 g/mol. The van der Waals surface area contributed by atoms with Gasteiger partial charge in [0.2, 0.25) is 0 Å². The van der Waals surface area contributed by atoms with Crippen LogP contribution in [-0.2, 0) is 4.74 Å². The second-order valence-electron chi connectivity index (χ2n) is 2.35. The highest BCUT2D eigenvalue weighted by atomic mass is 16.6. The molecule has 0 unspecified atom stereocenters. The second kappa shape index (κ2) is 4.25. The molecule has 0 aromatic carbocycles. The van der Waals surface area contributed by atoms with E-state index in [-0.39, 0.29) is 0 Å². The van der Waals surface area contributed by atoms with Crippen molar-refractivity contribution in [3.05, 3.63) is 43.2 Å². The Kier molecular flexibility index (Phi) is 3.03. The third-order valence-electron chi connectivity index (χ3n) is 1.32. The van der Waals surface area contributed by atoms with Crippen molar-refractivity contribution < 1.29 is 9.53 Å². The van der Waals surface area contributed by atoms with E-state index in [9.17, 15) is 4.79 Å². The molecule has 1 heterocycles. The molecule has 4 nitrogen and oxygen atoms in total. The molecule has 13 heavy (non-hydrogen) atoms. The van der Waals surface area contributed by atoms with E-state index < -0.39 is 6.09 Å². The third-order valence-corrected chi connectivity index (χ3v) is 1.32. The molecule has 0 aliphatic heterocycles. The summed E-state index contributed by atoms with van der Waals surface area (Å²) in [6.07, 6.45) is 7.08. The Hall–Kier alpha value is -1.84. The Morgan fingerprint density at radius 2 is 2.46 bits per heavy atom. The molecule has 0 N–H and O–H groups in total. The van der Waals surface area contributed by atoms with Crippen molar-refractivity contribution in [2.45, 2.75) is 6.92 Å². The summed E-state index contributed by atoms with van der Waals surface area (Å²) in [5, 5.41) is 0. The predicted molar refractivity (Wildman–Crippen MR) is 48.1 cm³/mol. The maximum Gasteiger partial charge on any atom is 0.424 e. The number of nitrogens with zero attached hydrogens (tertiary/aromatic N) is 2. The van der Waals surface area contributed by atoms with Crippen LogP contribution in [0.4, 0.5) is 4.79 Å². The Bertz CT molecular complexity index is 325. The second-order valence-corrected chi connectivity index (χ2v) is 2.35. The highest BCUT2D eigenvalue weighted by Crippen LogP contribution is 1.99. The summed E-state index contributed by atoms with van der Waals surface area (Å²) in [6.45, 7) is 5.16. The summed E-state index contributed by atoms with van der Waals surface area (Å²) in [5.41, 5.74) is 0. The van der Waals surface area contributed by atoms with Crippen molar-refractivity contribution in [3.8, 4) is 0 Å². The SMILES string of the molecule is C=C/C=C(\C)OC(=O)n1ccnc1. The van der Waals surface area contributed by atoms with Crippen molar-refractivity contribution in [3.63, 3.8) is 0 Å². The molecule has 0 bridgehead atoms. The monoisotopic (exact) mass is 178 g/mol. The highest BCUT2D eigenvalue weighted by Gasteiger charge is 2.04. The summed E-state index contributed by atoms with van der Waals surface area (Å²) in [6, 6.07) is 0. The summed E-state index contributed by atoms with van der Waals surface area (Å²) in [5.74, 6) is 0.494. The standard InChI is InChI=1S/C9H10N2O2/c1-3-4-8(2)13-9(12)11-6-5-10-7-11/h3-7H,1H2,2H3/b8-4+. The van der Waals surface area contributed by atoms with E-state index in [0.29, 0.717) is 5.76 Å².